The Morgan fingerprint density at radius 2 is 2.35 bits per heavy atom. The van der Waals surface area contributed by atoms with E-state index in [0.29, 0.717) is 30.8 Å². The summed E-state index contributed by atoms with van der Waals surface area (Å²) in [4.78, 5) is 12.0. The van der Waals surface area contributed by atoms with Crippen molar-refractivity contribution in [1.29, 1.82) is 5.26 Å². The normalized spacial score (nSPS) is 17.6. The highest BCUT2D eigenvalue weighted by molar-refractivity contribution is 5.85. The summed E-state index contributed by atoms with van der Waals surface area (Å²) in [6.07, 6.45) is 3.22. The molecular formula is C12H15N3O2. The summed E-state index contributed by atoms with van der Waals surface area (Å²) in [7, 11) is 0. The Balaban J connectivity index is 1.95. The van der Waals surface area contributed by atoms with E-state index in [1.807, 2.05) is 0 Å². The van der Waals surface area contributed by atoms with E-state index in [-0.39, 0.29) is 5.91 Å². The molecule has 1 heterocycles. The van der Waals surface area contributed by atoms with E-state index in [9.17, 15) is 4.79 Å². The van der Waals surface area contributed by atoms with E-state index in [0.717, 1.165) is 12.8 Å². The number of nitrogens with one attached hydrogen (secondary N) is 1. The number of hydrogen-bond donors (Lipinski definition) is 1. The van der Waals surface area contributed by atoms with E-state index >= 15 is 0 Å². The molecule has 0 saturated heterocycles. The predicted molar refractivity (Wildman–Crippen MR) is 59.6 cm³/mol. The minimum absolute atomic E-state index is 0.182. The first-order chi connectivity index (χ1) is 8.16. The zero-order valence-electron chi connectivity index (χ0n) is 9.82. The van der Waals surface area contributed by atoms with Crippen molar-refractivity contribution in [3.05, 3.63) is 17.5 Å². The van der Waals surface area contributed by atoms with Crippen LogP contribution in [0.3, 0.4) is 0 Å². The molecule has 17 heavy (non-hydrogen) atoms. The summed E-state index contributed by atoms with van der Waals surface area (Å²) in [6.45, 7) is 2.12. The van der Waals surface area contributed by atoms with Gasteiger partial charge in [-0.3, -0.25) is 4.79 Å². The molecule has 0 spiro atoms. The molecule has 5 heteroatoms. The Hall–Kier alpha value is -1.83. The molecule has 1 aromatic rings. The fourth-order valence-corrected chi connectivity index (χ4v) is 2.21. The molecule has 0 atom stereocenters. The van der Waals surface area contributed by atoms with Crippen LogP contribution in [0.1, 0.15) is 37.1 Å². The number of nitriles is 1. The molecular weight excluding hydrogens is 218 g/mol. The molecule has 1 aliphatic rings. The molecule has 1 aliphatic carbocycles. The third kappa shape index (κ3) is 2.31. The minimum Gasteiger partial charge on any atom is -0.361 e. The molecule has 1 fully saturated rings. The second-order valence-corrected chi connectivity index (χ2v) is 4.51. The maximum atomic E-state index is 12.0. The van der Waals surface area contributed by atoms with Gasteiger partial charge in [-0.1, -0.05) is 18.0 Å². The molecule has 0 radical (unpaired) electrons. The number of hydrogen-bond acceptors (Lipinski definition) is 4. The maximum absolute atomic E-state index is 12.0. The Bertz CT molecular complexity index is 453. The first kappa shape index (κ1) is 11.6. The van der Waals surface area contributed by atoms with Crippen molar-refractivity contribution in [3.8, 4) is 6.07 Å². The minimum atomic E-state index is -0.821. The van der Waals surface area contributed by atoms with Crippen molar-refractivity contribution >= 4 is 5.91 Å². The average molecular weight is 233 g/mol. The number of carbonyl (C=O) groups is 1. The molecule has 0 unspecified atom stereocenters. The SMILES string of the molecule is Cc1cc(CNC(=O)C2(C#N)CCCC2)no1. The smallest absolute Gasteiger partial charge is 0.240 e. The van der Waals surface area contributed by atoms with Crippen LogP contribution < -0.4 is 5.32 Å². The predicted octanol–water partition coefficient (Wildman–Crippen LogP) is 1.68. The lowest BCUT2D eigenvalue weighted by Crippen LogP contribution is -2.37. The van der Waals surface area contributed by atoms with E-state index in [1.54, 1.807) is 13.0 Å². The molecule has 0 aliphatic heterocycles. The van der Waals surface area contributed by atoms with Crippen LogP contribution in [0.25, 0.3) is 0 Å². The van der Waals surface area contributed by atoms with Gasteiger partial charge in [-0.25, -0.2) is 0 Å². The van der Waals surface area contributed by atoms with Crippen LogP contribution >= 0.6 is 0 Å². The average Bonchev–Trinajstić information content (AvgIpc) is 2.95. The molecule has 2 rings (SSSR count). The molecule has 1 saturated carbocycles. The Labute approximate surface area is 99.8 Å². The van der Waals surface area contributed by atoms with Crippen molar-refractivity contribution < 1.29 is 9.32 Å². The fraction of sp³-hybridized carbons (Fsp3) is 0.583. The van der Waals surface area contributed by atoms with Gasteiger partial charge in [0.25, 0.3) is 0 Å². The molecule has 1 amide bonds. The van der Waals surface area contributed by atoms with E-state index in [4.69, 9.17) is 9.78 Å². The van der Waals surface area contributed by atoms with E-state index in [1.165, 1.54) is 0 Å². The standard InChI is InChI=1S/C12H15N3O2/c1-9-6-10(15-17-9)7-14-11(16)12(8-13)4-2-3-5-12/h6H,2-5,7H2,1H3,(H,14,16). The zero-order valence-corrected chi connectivity index (χ0v) is 9.82. The van der Waals surface area contributed by atoms with Crippen LogP contribution in [-0.4, -0.2) is 11.1 Å². The Kier molecular flexibility index (Phi) is 3.14. The van der Waals surface area contributed by atoms with Crippen LogP contribution in [0.2, 0.25) is 0 Å². The van der Waals surface area contributed by atoms with Crippen LogP contribution in [0, 0.1) is 23.7 Å². The van der Waals surface area contributed by atoms with Gasteiger partial charge >= 0.3 is 0 Å². The fourth-order valence-electron chi connectivity index (χ4n) is 2.21. The summed E-state index contributed by atoms with van der Waals surface area (Å²) in [5.41, 5.74) is -0.138. The third-order valence-corrected chi connectivity index (χ3v) is 3.21. The molecule has 1 N–H and O–H groups in total. The third-order valence-electron chi connectivity index (χ3n) is 3.21. The van der Waals surface area contributed by atoms with Crippen LogP contribution in [0.5, 0.6) is 0 Å². The summed E-state index contributed by atoms with van der Waals surface area (Å²) < 4.78 is 4.91. The van der Waals surface area contributed by atoms with Crippen molar-refractivity contribution in [1.82, 2.24) is 10.5 Å². The van der Waals surface area contributed by atoms with Crippen LogP contribution in [0.4, 0.5) is 0 Å². The number of carbonyl (C=O) groups excluding carboxylic acids is 1. The number of nitrogens with zero attached hydrogens (tertiary/aromatic N) is 2. The molecule has 0 aromatic carbocycles. The van der Waals surface area contributed by atoms with Crippen molar-refractivity contribution in [2.75, 3.05) is 0 Å². The van der Waals surface area contributed by atoms with Gasteiger partial charge in [-0.2, -0.15) is 5.26 Å². The van der Waals surface area contributed by atoms with Crippen LogP contribution in [-0.2, 0) is 11.3 Å². The summed E-state index contributed by atoms with van der Waals surface area (Å²) in [5.74, 6) is 0.531. The first-order valence-corrected chi connectivity index (χ1v) is 5.78. The van der Waals surface area contributed by atoms with Gasteiger partial charge in [0.2, 0.25) is 5.91 Å². The Morgan fingerprint density at radius 3 is 2.88 bits per heavy atom. The van der Waals surface area contributed by atoms with Gasteiger partial charge in [-0.15, -0.1) is 0 Å². The lowest BCUT2D eigenvalue weighted by molar-refractivity contribution is -0.128. The highest BCUT2D eigenvalue weighted by Crippen LogP contribution is 2.37. The van der Waals surface area contributed by atoms with Crippen molar-refractivity contribution in [3.63, 3.8) is 0 Å². The molecule has 0 bridgehead atoms. The Morgan fingerprint density at radius 1 is 1.65 bits per heavy atom. The monoisotopic (exact) mass is 233 g/mol. The second-order valence-electron chi connectivity index (χ2n) is 4.51. The zero-order chi connectivity index (χ0) is 12.3. The lowest BCUT2D eigenvalue weighted by atomic mass is 9.87. The highest BCUT2D eigenvalue weighted by Gasteiger charge is 2.41. The van der Waals surface area contributed by atoms with Gasteiger partial charge in [0, 0.05) is 6.07 Å². The summed E-state index contributed by atoms with van der Waals surface area (Å²) in [6, 6.07) is 3.93. The molecule has 90 valence electrons. The quantitative estimate of drug-likeness (QED) is 0.861. The van der Waals surface area contributed by atoms with Gasteiger partial charge in [0.1, 0.15) is 16.9 Å². The first-order valence-electron chi connectivity index (χ1n) is 5.78. The number of aryl methyl sites for hydroxylation is 1. The van der Waals surface area contributed by atoms with Crippen molar-refractivity contribution in [2.45, 2.75) is 39.2 Å². The van der Waals surface area contributed by atoms with Crippen LogP contribution in [0.15, 0.2) is 10.6 Å². The number of amides is 1. The van der Waals surface area contributed by atoms with E-state index < -0.39 is 5.41 Å². The largest absolute Gasteiger partial charge is 0.361 e. The second kappa shape index (κ2) is 4.58. The molecule has 5 nitrogen and oxygen atoms in total. The lowest BCUT2D eigenvalue weighted by Gasteiger charge is -2.18. The number of aromatic nitrogens is 1. The number of rotatable bonds is 3. The topological polar surface area (TPSA) is 78.9 Å². The van der Waals surface area contributed by atoms with Crippen molar-refractivity contribution in [2.24, 2.45) is 5.41 Å². The highest BCUT2D eigenvalue weighted by atomic mass is 16.5. The molecule has 1 aromatic heterocycles. The van der Waals surface area contributed by atoms with Gasteiger partial charge in [-0.05, 0) is 19.8 Å². The van der Waals surface area contributed by atoms with Gasteiger partial charge in [0.05, 0.1) is 12.6 Å². The summed E-state index contributed by atoms with van der Waals surface area (Å²) in [5, 5.41) is 15.7. The maximum Gasteiger partial charge on any atom is 0.240 e. The van der Waals surface area contributed by atoms with E-state index in [2.05, 4.69) is 16.5 Å². The van der Waals surface area contributed by atoms with Gasteiger partial charge in [0.15, 0.2) is 0 Å². The summed E-state index contributed by atoms with van der Waals surface area (Å²) >= 11 is 0. The van der Waals surface area contributed by atoms with Gasteiger partial charge < -0.3 is 9.84 Å².